The first-order valence-corrected chi connectivity index (χ1v) is 6.42. The highest BCUT2D eigenvalue weighted by atomic mass is 28.4. The van der Waals surface area contributed by atoms with Gasteiger partial charge in [0.25, 0.3) is 0 Å². The van der Waals surface area contributed by atoms with Crippen LogP contribution in [-0.2, 0) is 13.3 Å². The molecule has 5 nitrogen and oxygen atoms in total. The summed E-state index contributed by atoms with van der Waals surface area (Å²) in [6.45, 7) is 4.12. The van der Waals surface area contributed by atoms with E-state index >= 15 is 0 Å². The fourth-order valence-corrected chi connectivity index (χ4v) is 2.11. The maximum Gasteiger partial charge on any atom is 0.504 e. The summed E-state index contributed by atoms with van der Waals surface area (Å²) in [5, 5.41) is 0. The molecule has 0 aliphatic rings. The predicted molar refractivity (Wildman–Crippen MR) is 64.2 cm³/mol. The van der Waals surface area contributed by atoms with Crippen LogP contribution in [-0.4, -0.2) is 36.7 Å². The van der Waals surface area contributed by atoms with Gasteiger partial charge in [0.05, 0.1) is 0 Å². The van der Waals surface area contributed by atoms with Gasteiger partial charge in [-0.05, 0) is 6.20 Å². The number of hydrogen-bond donors (Lipinski definition) is 2. The molecule has 0 saturated carbocycles. The zero-order valence-electron chi connectivity index (χ0n) is 9.73. The Morgan fingerprint density at radius 2 is 1.67 bits per heavy atom. The van der Waals surface area contributed by atoms with Gasteiger partial charge in [-0.3, -0.25) is 0 Å². The van der Waals surface area contributed by atoms with Crippen LogP contribution in [0.3, 0.4) is 0 Å². The first-order valence-electron chi connectivity index (χ1n) is 4.49. The van der Waals surface area contributed by atoms with Gasteiger partial charge in [-0.2, -0.15) is 0 Å². The van der Waals surface area contributed by atoms with Gasteiger partial charge in [-0.25, -0.2) is 0 Å². The summed E-state index contributed by atoms with van der Waals surface area (Å²) in [6, 6.07) is 0.649. The second-order valence-corrected chi connectivity index (χ2v) is 5.45. The molecule has 0 atom stereocenters. The third-order valence-electron chi connectivity index (χ3n) is 1.60. The number of nitrogens with two attached hydrogens (primary N) is 2. The summed E-state index contributed by atoms with van der Waals surface area (Å²) in [4.78, 5) is 0. The van der Waals surface area contributed by atoms with Crippen LogP contribution in [0.4, 0.5) is 0 Å². The van der Waals surface area contributed by atoms with Crippen molar-refractivity contribution < 1.29 is 13.3 Å². The maximum atomic E-state index is 5.10. The SMILES string of the molecule is C=CC[Si](OC)(OC)OC.NC=CCN. The summed E-state index contributed by atoms with van der Waals surface area (Å²) in [7, 11) is 2.42. The summed E-state index contributed by atoms with van der Waals surface area (Å²) in [6.07, 6.45) is 4.85. The third kappa shape index (κ3) is 8.34. The van der Waals surface area contributed by atoms with E-state index in [-0.39, 0.29) is 0 Å². The molecule has 90 valence electrons. The van der Waals surface area contributed by atoms with Crippen molar-refractivity contribution in [1.82, 2.24) is 0 Å². The monoisotopic (exact) mass is 234 g/mol. The Labute approximate surface area is 93.1 Å². The van der Waals surface area contributed by atoms with Crippen molar-refractivity contribution in [2.24, 2.45) is 11.5 Å². The summed E-state index contributed by atoms with van der Waals surface area (Å²) < 4.78 is 15.3. The molecular weight excluding hydrogens is 212 g/mol. The van der Waals surface area contributed by atoms with Gasteiger partial charge in [0.2, 0.25) is 0 Å². The Kier molecular flexibility index (Phi) is 12.7. The van der Waals surface area contributed by atoms with Crippen LogP contribution < -0.4 is 11.5 Å². The minimum absolute atomic E-state index is 0.538. The van der Waals surface area contributed by atoms with Crippen molar-refractivity contribution in [2.45, 2.75) is 6.04 Å². The summed E-state index contributed by atoms with van der Waals surface area (Å²) in [5.74, 6) is 0. The van der Waals surface area contributed by atoms with Gasteiger partial charge in [0, 0.05) is 33.9 Å². The van der Waals surface area contributed by atoms with Crippen molar-refractivity contribution in [3.63, 3.8) is 0 Å². The average Bonchev–Trinajstić information content (AvgIpc) is 2.28. The molecule has 6 heteroatoms. The van der Waals surface area contributed by atoms with E-state index < -0.39 is 8.80 Å². The molecule has 0 unspecified atom stereocenters. The number of allylic oxidation sites excluding steroid dienone is 1. The average molecular weight is 234 g/mol. The van der Waals surface area contributed by atoms with Crippen LogP contribution in [0.1, 0.15) is 0 Å². The van der Waals surface area contributed by atoms with Crippen LogP contribution in [0.2, 0.25) is 6.04 Å². The Bertz CT molecular complexity index is 164. The Morgan fingerprint density at radius 3 is 1.73 bits per heavy atom. The molecule has 0 aromatic rings. The highest BCUT2D eigenvalue weighted by molar-refractivity contribution is 6.61. The van der Waals surface area contributed by atoms with Crippen molar-refractivity contribution in [1.29, 1.82) is 0 Å². The van der Waals surface area contributed by atoms with E-state index in [0.717, 1.165) is 0 Å². The van der Waals surface area contributed by atoms with Crippen molar-refractivity contribution in [2.75, 3.05) is 27.9 Å². The smallest absolute Gasteiger partial charge is 0.405 e. The van der Waals surface area contributed by atoms with Gasteiger partial charge in [-0.15, -0.1) is 6.58 Å². The molecule has 0 aromatic carbocycles. The van der Waals surface area contributed by atoms with E-state index in [9.17, 15) is 0 Å². The summed E-state index contributed by atoms with van der Waals surface area (Å²) in [5.41, 5.74) is 9.85. The minimum Gasteiger partial charge on any atom is -0.405 e. The van der Waals surface area contributed by atoms with Gasteiger partial charge in [0.15, 0.2) is 0 Å². The Morgan fingerprint density at radius 1 is 1.20 bits per heavy atom. The van der Waals surface area contributed by atoms with E-state index in [1.54, 1.807) is 33.5 Å². The molecule has 0 radical (unpaired) electrons. The van der Waals surface area contributed by atoms with Gasteiger partial charge >= 0.3 is 8.80 Å². The van der Waals surface area contributed by atoms with E-state index in [4.69, 9.17) is 24.7 Å². The maximum absolute atomic E-state index is 5.10. The Hall–Kier alpha value is -0.663. The molecule has 0 heterocycles. The normalized spacial score (nSPS) is 10.9. The molecule has 0 spiro atoms. The summed E-state index contributed by atoms with van der Waals surface area (Å²) >= 11 is 0. The van der Waals surface area contributed by atoms with Crippen molar-refractivity contribution in [3.05, 3.63) is 24.9 Å². The molecule has 0 aromatic heterocycles. The van der Waals surface area contributed by atoms with Gasteiger partial charge in [0.1, 0.15) is 0 Å². The molecule has 0 aliphatic heterocycles. The lowest BCUT2D eigenvalue weighted by atomic mass is 10.6. The Balaban J connectivity index is 0. The molecule has 15 heavy (non-hydrogen) atoms. The molecule has 4 N–H and O–H groups in total. The largest absolute Gasteiger partial charge is 0.504 e. The van der Waals surface area contributed by atoms with E-state index in [2.05, 4.69) is 6.58 Å². The zero-order valence-corrected chi connectivity index (χ0v) is 10.7. The van der Waals surface area contributed by atoms with Gasteiger partial charge < -0.3 is 24.7 Å². The molecule has 0 fully saturated rings. The van der Waals surface area contributed by atoms with Crippen molar-refractivity contribution in [3.8, 4) is 0 Å². The molecule has 0 rings (SSSR count). The molecule has 0 bridgehead atoms. The van der Waals surface area contributed by atoms with Crippen LogP contribution in [0.15, 0.2) is 24.9 Å². The topological polar surface area (TPSA) is 79.7 Å². The highest BCUT2D eigenvalue weighted by Gasteiger charge is 2.35. The number of hydrogen-bond acceptors (Lipinski definition) is 5. The van der Waals surface area contributed by atoms with E-state index in [1.807, 2.05) is 0 Å². The van der Waals surface area contributed by atoms with E-state index in [1.165, 1.54) is 6.20 Å². The zero-order chi connectivity index (χ0) is 12.2. The van der Waals surface area contributed by atoms with Gasteiger partial charge in [-0.1, -0.05) is 12.2 Å². The molecular formula is C9H22N2O3Si. The van der Waals surface area contributed by atoms with E-state index in [0.29, 0.717) is 12.6 Å². The standard InChI is InChI=1S/C6H14O3Si.C3H8N2/c1-5-6-10(7-2,8-3)9-4;4-2-1-3-5/h5H,1,6H2,2-4H3;1-2H,3-5H2. The fraction of sp³-hybridized carbons (Fsp3) is 0.556. The first kappa shape index (κ1) is 16.8. The third-order valence-corrected chi connectivity index (χ3v) is 4.25. The second kappa shape index (κ2) is 11.4. The second-order valence-electron chi connectivity index (χ2n) is 2.45. The quantitative estimate of drug-likeness (QED) is 0.516. The lowest BCUT2D eigenvalue weighted by Gasteiger charge is -2.22. The van der Waals surface area contributed by atoms with Crippen LogP contribution in [0.5, 0.6) is 0 Å². The highest BCUT2D eigenvalue weighted by Crippen LogP contribution is 2.11. The molecule has 0 saturated heterocycles. The van der Waals surface area contributed by atoms with Crippen molar-refractivity contribution >= 4 is 8.80 Å². The predicted octanol–water partition coefficient (Wildman–Crippen LogP) is 0.468. The fourth-order valence-electron chi connectivity index (χ4n) is 0.755. The number of rotatable bonds is 6. The van der Waals surface area contributed by atoms with Crippen LogP contribution >= 0.6 is 0 Å². The lowest BCUT2D eigenvalue weighted by molar-refractivity contribution is 0.127. The minimum atomic E-state index is -2.34. The molecule has 0 aliphatic carbocycles. The molecule has 0 amide bonds. The van der Waals surface area contributed by atoms with Crippen LogP contribution in [0.25, 0.3) is 0 Å². The first-order chi connectivity index (χ1) is 7.16. The lowest BCUT2D eigenvalue weighted by Crippen LogP contribution is -2.41. The van der Waals surface area contributed by atoms with Crippen LogP contribution in [0, 0.1) is 0 Å².